The fourth-order valence-electron chi connectivity index (χ4n) is 2.99. The number of likely N-dealkylation sites (tertiary alicyclic amines) is 1. The molecule has 1 aromatic heterocycles. The number of hydrogen-bond acceptors (Lipinski definition) is 5. The molecule has 2 fully saturated rings. The summed E-state index contributed by atoms with van der Waals surface area (Å²) in [6.07, 6.45) is 7.33. The van der Waals surface area contributed by atoms with Crippen LogP contribution in [0.2, 0.25) is 0 Å². The first-order valence-corrected chi connectivity index (χ1v) is 7.65. The van der Waals surface area contributed by atoms with Crippen molar-refractivity contribution < 1.29 is 14.7 Å². The number of carboxylic acid groups (broad SMARTS) is 1. The summed E-state index contributed by atoms with van der Waals surface area (Å²) in [5.74, 6) is -1.70. The molecule has 22 heavy (non-hydrogen) atoms. The average Bonchev–Trinajstić information content (AvgIpc) is 3.09. The largest absolute Gasteiger partial charge is 0.476 e. The minimum absolute atomic E-state index is 0.119. The zero-order valence-electron chi connectivity index (χ0n) is 12.4. The maximum Gasteiger partial charge on any atom is 0.356 e. The third-order valence-electron chi connectivity index (χ3n) is 4.45. The SMILES string of the molecule is O=C(O)c1nccnc1C(=O)NCC1(CN2CCCC2)CC1. The highest BCUT2D eigenvalue weighted by Crippen LogP contribution is 2.46. The molecule has 3 rings (SSSR count). The lowest BCUT2D eigenvalue weighted by molar-refractivity contribution is 0.0683. The van der Waals surface area contributed by atoms with E-state index in [0.29, 0.717) is 6.54 Å². The predicted octanol–water partition coefficient (Wildman–Crippen LogP) is 0.781. The molecule has 0 radical (unpaired) electrons. The number of hydrogen-bond donors (Lipinski definition) is 2. The molecule has 0 aromatic carbocycles. The van der Waals surface area contributed by atoms with Crippen molar-refractivity contribution in [2.45, 2.75) is 25.7 Å². The molecule has 2 aliphatic rings. The summed E-state index contributed by atoms with van der Waals surface area (Å²) in [5.41, 5.74) is -0.262. The van der Waals surface area contributed by atoms with Gasteiger partial charge in [-0.15, -0.1) is 0 Å². The van der Waals surface area contributed by atoms with Crippen LogP contribution in [0.1, 0.15) is 46.7 Å². The molecule has 0 bridgehead atoms. The fourth-order valence-corrected chi connectivity index (χ4v) is 2.99. The number of carbonyl (C=O) groups excluding carboxylic acids is 1. The van der Waals surface area contributed by atoms with Gasteiger partial charge in [-0.1, -0.05) is 0 Å². The topological polar surface area (TPSA) is 95.4 Å². The summed E-state index contributed by atoms with van der Waals surface area (Å²) in [5, 5.41) is 11.9. The van der Waals surface area contributed by atoms with Crippen molar-refractivity contribution >= 4 is 11.9 Å². The van der Waals surface area contributed by atoms with Crippen LogP contribution in [0.5, 0.6) is 0 Å². The molecule has 0 unspecified atom stereocenters. The number of nitrogens with zero attached hydrogens (tertiary/aromatic N) is 3. The molecule has 1 saturated heterocycles. The van der Waals surface area contributed by atoms with Gasteiger partial charge in [0, 0.05) is 30.9 Å². The van der Waals surface area contributed by atoms with Gasteiger partial charge in [0.15, 0.2) is 11.4 Å². The minimum Gasteiger partial charge on any atom is -0.476 e. The molecule has 1 aliphatic heterocycles. The normalized spacial score (nSPS) is 19.8. The molecule has 1 saturated carbocycles. The monoisotopic (exact) mass is 304 g/mol. The molecule has 2 heterocycles. The molecule has 2 N–H and O–H groups in total. The summed E-state index contributed by atoms with van der Waals surface area (Å²) < 4.78 is 0. The maximum atomic E-state index is 12.2. The van der Waals surface area contributed by atoms with E-state index in [2.05, 4.69) is 20.2 Å². The van der Waals surface area contributed by atoms with E-state index in [0.717, 1.165) is 32.5 Å². The molecule has 118 valence electrons. The van der Waals surface area contributed by atoms with Crippen molar-refractivity contribution in [1.29, 1.82) is 0 Å². The summed E-state index contributed by atoms with van der Waals surface area (Å²) >= 11 is 0. The Bertz CT molecular complexity index is 580. The molecule has 0 spiro atoms. The standard InChI is InChI=1S/C15H20N4O3/c20-13(11-12(14(21)22)17-6-5-16-11)18-9-15(3-4-15)10-19-7-1-2-8-19/h5-6H,1-4,7-10H2,(H,18,20)(H,21,22). The van der Waals surface area contributed by atoms with Crippen LogP contribution in [-0.2, 0) is 0 Å². The number of aromatic carboxylic acids is 1. The highest BCUT2D eigenvalue weighted by atomic mass is 16.4. The Kier molecular flexibility index (Phi) is 4.06. The van der Waals surface area contributed by atoms with E-state index in [-0.39, 0.29) is 16.8 Å². The summed E-state index contributed by atoms with van der Waals surface area (Å²) in [6.45, 7) is 3.86. The Balaban J connectivity index is 1.59. The second-order valence-electron chi connectivity index (χ2n) is 6.22. The first-order chi connectivity index (χ1) is 10.6. The molecular formula is C15H20N4O3. The van der Waals surface area contributed by atoms with Gasteiger partial charge in [-0.2, -0.15) is 0 Å². The third kappa shape index (κ3) is 3.24. The zero-order valence-corrected chi connectivity index (χ0v) is 12.4. The van der Waals surface area contributed by atoms with E-state index in [1.54, 1.807) is 0 Å². The van der Waals surface area contributed by atoms with E-state index in [9.17, 15) is 9.59 Å². The summed E-state index contributed by atoms with van der Waals surface area (Å²) in [4.78, 5) is 33.3. The Labute approximate surface area is 128 Å². The fraction of sp³-hybridized carbons (Fsp3) is 0.600. The van der Waals surface area contributed by atoms with Gasteiger partial charge in [-0.3, -0.25) is 4.79 Å². The van der Waals surface area contributed by atoms with Crippen molar-refractivity contribution in [3.05, 3.63) is 23.8 Å². The van der Waals surface area contributed by atoms with Crippen LogP contribution in [0.4, 0.5) is 0 Å². The van der Waals surface area contributed by atoms with Crippen LogP contribution in [-0.4, -0.2) is 58.0 Å². The van der Waals surface area contributed by atoms with Gasteiger partial charge in [0.05, 0.1) is 0 Å². The summed E-state index contributed by atoms with van der Waals surface area (Å²) in [6, 6.07) is 0. The van der Waals surface area contributed by atoms with E-state index >= 15 is 0 Å². The minimum atomic E-state index is -1.24. The second kappa shape index (κ2) is 6.00. The number of carbonyl (C=O) groups is 2. The van der Waals surface area contributed by atoms with Crippen LogP contribution in [0.25, 0.3) is 0 Å². The van der Waals surface area contributed by atoms with Gasteiger partial charge >= 0.3 is 5.97 Å². The zero-order chi connectivity index (χ0) is 15.6. The molecule has 7 heteroatoms. The lowest BCUT2D eigenvalue weighted by Crippen LogP contribution is -2.37. The van der Waals surface area contributed by atoms with E-state index < -0.39 is 11.9 Å². The lowest BCUT2D eigenvalue weighted by Gasteiger charge is -2.23. The third-order valence-corrected chi connectivity index (χ3v) is 4.45. The first-order valence-electron chi connectivity index (χ1n) is 7.65. The van der Waals surface area contributed by atoms with Gasteiger partial charge in [-0.25, -0.2) is 14.8 Å². The van der Waals surface area contributed by atoms with Crippen LogP contribution in [0, 0.1) is 5.41 Å². The number of aromatic nitrogens is 2. The van der Waals surface area contributed by atoms with Crippen molar-refractivity contribution in [2.24, 2.45) is 5.41 Å². The van der Waals surface area contributed by atoms with E-state index in [1.807, 2.05) is 0 Å². The highest BCUT2D eigenvalue weighted by Gasteiger charge is 2.44. The maximum absolute atomic E-state index is 12.2. The summed E-state index contributed by atoms with van der Waals surface area (Å²) in [7, 11) is 0. The number of carboxylic acids is 1. The quantitative estimate of drug-likeness (QED) is 0.806. The Morgan fingerprint density at radius 3 is 2.41 bits per heavy atom. The van der Waals surface area contributed by atoms with E-state index in [4.69, 9.17) is 5.11 Å². The van der Waals surface area contributed by atoms with Crippen molar-refractivity contribution in [3.63, 3.8) is 0 Å². The molecule has 1 amide bonds. The van der Waals surface area contributed by atoms with Crippen molar-refractivity contribution in [2.75, 3.05) is 26.2 Å². The molecule has 0 atom stereocenters. The Morgan fingerprint density at radius 2 is 1.82 bits per heavy atom. The smallest absolute Gasteiger partial charge is 0.356 e. The first kappa shape index (κ1) is 14.9. The van der Waals surface area contributed by atoms with E-state index in [1.165, 1.54) is 25.2 Å². The molecule has 7 nitrogen and oxygen atoms in total. The Hall–Kier alpha value is -2.02. The molecular weight excluding hydrogens is 284 g/mol. The van der Waals surface area contributed by atoms with Gasteiger partial charge in [-0.05, 0) is 38.8 Å². The van der Waals surface area contributed by atoms with Crippen LogP contribution in [0.3, 0.4) is 0 Å². The van der Waals surface area contributed by atoms with Gasteiger partial charge in [0.25, 0.3) is 5.91 Å². The lowest BCUT2D eigenvalue weighted by atomic mass is 10.1. The van der Waals surface area contributed by atoms with Crippen molar-refractivity contribution in [1.82, 2.24) is 20.2 Å². The second-order valence-corrected chi connectivity index (χ2v) is 6.22. The molecule has 1 aliphatic carbocycles. The molecule has 1 aromatic rings. The van der Waals surface area contributed by atoms with Crippen molar-refractivity contribution in [3.8, 4) is 0 Å². The highest BCUT2D eigenvalue weighted by molar-refractivity contribution is 6.01. The van der Waals surface area contributed by atoms with Gasteiger partial charge in [0.1, 0.15) is 0 Å². The average molecular weight is 304 g/mol. The predicted molar refractivity (Wildman–Crippen MR) is 78.7 cm³/mol. The number of nitrogens with one attached hydrogen (secondary N) is 1. The Morgan fingerprint density at radius 1 is 1.18 bits per heavy atom. The number of amides is 1. The van der Waals surface area contributed by atoms with Crippen LogP contribution < -0.4 is 5.32 Å². The van der Waals surface area contributed by atoms with Gasteiger partial charge < -0.3 is 15.3 Å². The van der Waals surface area contributed by atoms with Crippen LogP contribution in [0.15, 0.2) is 12.4 Å². The van der Waals surface area contributed by atoms with Crippen LogP contribution >= 0.6 is 0 Å². The number of rotatable bonds is 6. The van der Waals surface area contributed by atoms with Gasteiger partial charge in [0.2, 0.25) is 0 Å².